The minimum atomic E-state index is -0.313. The molecule has 0 radical (unpaired) electrons. The summed E-state index contributed by atoms with van der Waals surface area (Å²) in [4.78, 5) is 33.6. The van der Waals surface area contributed by atoms with Crippen molar-refractivity contribution in [2.24, 2.45) is 0 Å². The lowest BCUT2D eigenvalue weighted by Gasteiger charge is -2.23. The maximum atomic E-state index is 12.2. The molecule has 26 heavy (non-hydrogen) atoms. The number of nitrogens with zero attached hydrogens (tertiary/aromatic N) is 6. The van der Waals surface area contributed by atoms with Gasteiger partial charge in [0.25, 0.3) is 5.91 Å². The SMILES string of the molecule is CCN(CC)c1nc(NNC(=O)c2cccnc2)nc(N(CC)CC)n1. The van der Waals surface area contributed by atoms with Gasteiger partial charge < -0.3 is 9.80 Å². The number of anilines is 3. The predicted molar refractivity (Wildman–Crippen MR) is 102 cm³/mol. The molecule has 0 aliphatic carbocycles. The van der Waals surface area contributed by atoms with Crippen molar-refractivity contribution in [1.29, 1.82) is 0 Å². The standard InChI is InChI=1S/C17H26N8O/c1-5-24(6-2)16-19-15(20-17(21-16)25(7-3)8-4)23-22-14(26)13-10-9-11-18-12-13/h9-12H,5-8H2,1-4H3,(H,22,26)(H,19,20,21,23). The molecule has 0 unspecified atom stereocenters. The lowest BCUT2D eigenvalue weighted by atomic mass is 10.3. The topological polar surface area (TPSA) is 99.2 Å². The van der Waals surface area contributed by atoms with Crippen LogP contribution >= 0.6 is 0 Å². The van der Waals surface area contributed by atoms with E-state index in [-0.39, 0.29) is 5.91 Å². The molecule has 2 rings (SSSR count). The van der Waals surface area contributed by atoms with Gasteiger partial charge in [-0.05, 0) is 39.8 Å². The van der Waals surface area contributed by atoms with Crippen LogP contribution in [0, 0.1) is 0 Å². The van der Waals surface area contributed by atoms with E-state index < -0.39 is 0 Å². The highest BCUT2D eigenvalue weighted by Crippen LogP contribution is 2.16. The first-order valence-electron chi connectivity index (χ1n) is 8.85. The molecule has 0 saturated heterocycles. The number of nitrogens with one attached hydrogen (secondary N) is 2. The molecule has 2 aromatic heterocycles. The molecule has 2 N–H and O–H groups in total. The number of pyridine rings is 1. The van der Waals surface area contributed by atoms with Gasteiger partial charge in [-0.15, -0.1) is 0 Å². The molecule has 2 heterocycles. The molecule has 0 bridgehead atoms. The average Bonchev–Trinajstić information content (AvgIpc) is 2.69. The molecule has 140 valence electrons. The van der Waals surface area contributed by atoms with Gasteiger partial charge in [0.1, 0.15) is 0 Å². The third kappa shape index (κ3) is 4.78. The Labute approximate surface area is 153 Å². The van der Waals surface area contributed by atoms with Crippen molar-refractivity contribution in [3.63, 3.8) is 0 Å². The molecule has 1 amide bonds. The number of amides is 1. The highest BCUT2D eigenvalue weighted by Gasteiger charge is 2.15. The first kappa shape index (κ1) is 19.4. The molecule has 0 spiro atoms. The van der Waals surface area contributed by atoms with E-state index >= 15 is 0 Å². The van der Waals surface area contributed by atoms with Crippen LogP contribution in [0.2, 0.25) is 0 Å². The smallest absolute Gasteiger partial charge is 0.271 e. The van der Waals surface area contributed by atoms with Crippen LogP contribution in [-0.2, 0) is 0 Å². The highest BCUT2D eigenvalue weighted by molar-refractivity contribution is 5.94. The second kappa shape index (κ2) is 9.50. The Morgan fingerprint density at radius 3 is 2.00 bits per heavy atom. The Kier molecular flexibility index (Phi) is 7.07. The van der Waals surface area contributed by atoms with Crippen molar-refractivity contribution < 1.29 is 4.79 Å². The van der Waals surface area contributed by atoms with E-state index in [9.17, 15) is 4.79 Å². The van der Waals surface area contributed by atoms with E-state index in [1.807, 2.05) is 37.5 Å². The number of hydrogen-bond donors (Lipinski definition) is 2. The zero-order chi connectivity index (χ0) is 18.9. The zero-order valence-corrected chi connectivity index (χ0v) is 15.7. The van der Waals surface area contributed by atoms with Gasteiger partial charge in [0, 0.05) is 38.6 Å². The second-order valence-corrected chi connectivity index (χ2v) is 5.42. The Balaban J connectivity index is 2.24. The van der Waals surface area contributed by atoms with Crippen LogP contribution in [-0.4, -0.2) is 52.0 Å². The van der Waals surface area contributed by atoms with Gasteiger partial charge in [-0.2, -0.15) is 15.0 Å². The minimum Gasteiger partial charge on any atom is -0.341 e. The summed E-state index contributed by atoms with van der Waals surface area (Å²) in [5.41, 5.74) is 5.83. The molecule has 0 aliphatic rings. The monoisotopic (exact) mass is 358 g/mol. The maximum Gasteiger partial charge on any atom is 0.271 e. The largest absolute Gasteiger partial charge is 0.341 e. The van der Waals surface area contributed by atoms with Crippen LogP contribution in [0.25, 0.3) is 0 Å². The first-order valence-corrected chi connectivity index (χ1v) is 8.85. The quantitative estimate of drug-likeness (QED) is 0.654. The molecular formula is C17H26N8O. The molecule has 9 nitrogen and oxygen atoms in total. The van der Waals surface area contributed by atoms with Crippen molar-refractivity contribution >= 4 is 23.8 Å². The summed E-state index contributed by atoms with van der Waals surface area (Å²) >= 11 is 0. The van der Waals surface area contributed by atoms with Crippen LogP contribution in [0.15, 0.2) is 24.5 Å². The van der Waals surface area contributed by atoms with Crippen LogP contribution in [0.3, 0.4) is 0 Å². The number of hydrazine groups is 1. The van der Waals surface area contributed by atoms with Crippen LogP contribution < -0.4 is 20.7 Å². The van der Waals surface area contributed by atoms with E-state index in [2.05, 4.69) is 30.8 Å². The fourth-order valence-electron chi connectivity index (χ4n) is 2.39. The Hall–Kier alpha value is -2.97. The van der Waals surface area contributed by atoms with Crippen molar-refractivity contribution in [1.82, 2.24) is 25.4 Å². The number of rotatable bonds is 9. The van der Waals surface area contributed by atoms with Gasteiger partial charge >= 0.3 is 0 Å². The number of carbonyl (C=O) groups excluding carboxylic acids is 1. The highest BCUT2D eigenvalue weighted by atomic mass is 16.2. The minimum absolute atomic E-state index is 0.293. The van der Waals surface area contributed by atoms with Crippen molar-refractivity contribution in [2.45, 2.75) is 27.7 Å². The van der Waals surface area contributed by atoms with E-state index in [1.54, 1.807) is 18.3 Å². The summed E-state index contributed by atoms with van der Waals surface area (Å²) in [5.74, 6) is 1.13. The van der Waals surface area contributed by atoms with Crippen LogP contribution in [0.1, 0.15) is 38.1 Å². The molecule has 9 heteroatoms. The van der Waals surface area contributed by atoms with Crippen molar-refractivity contribution in [3.05, 3.63) is 30.1 Å². The maximum absolute atomic E-state index is 12.2. The summed E-state index contributed by atoms with van der Waals surface area (Å²) in [6.45, 7) is 11.3. The lowest BCUT2D eigenvalue weighted by Crippen LogP contribution is -2.33. The molecule has 0 saturated carbocycles. The molecule has 0 aliphatic heterocycles. The van der Waals surface area contributed by atoms with Crippen molar-refractivity contribution in [2.75, 3.05) is 41.4 Å². The summed E-state index contributed by atoms with van der Waals surface area (Å²) in [5, 5.41) is 0. The van der Waals surface area contributed by atoms with E-state index in [1.165, 1.54) is 6.20 Å². The van der Waals surface area contributed by atoms with Crippen LogP contribution in [0.5, 0.6) is 0 Å². The molecule has 2 aromatic rings. The fraction of sp³-hybridized carbons (Fsp3) is 0.471. The number of hydrogen-bond acceptors (Lipinski definition) is 8. The summed E-state index contributed by atoms with van der Waals surface area (Å²) in [6.07, 6.45) is 3.11. The zero-order valence-electron chi connectivity index (χ0n) is 15.7. The third-order valence-corrected chi connectivity index (χ3v) is 3.92. The van der Waals surface area contributed by atoms with E-state index in [0.29, 0.717) is 23.4 Å². The summed E-state index contributed by atoms with van der Waals surface area (Å²) in [6, 6.07) is 3.38. The van der Waals surface area contributed by atoms with E-state index in [4.69, 9.17) is 0 Å². The lowest BCUT2D eigenvalue weighted by molar-refractivity contribution is 0.0962. The predicted octanol–water partition coefficient (Wildman–Crippen LogP) is 1.72. The first-order chi connectivity index (χ1) is 12.6. The Bertz CT molecular complexity index is 671. The Morgan fingerprint density at radius 1 is 0.962 bits per heavy atom. The van der Waals surface area contributed by atoms with Gasteiger partial charge in [0.05, 0.1) is 5.56 Å². The summed E-state index contributed by atoms with van der Waals surface area (Å²) in [7, 11) is 0. The Morgan fingerprint density at radius 2 is 1.54 bits per heavy atom. The summed E-state index contributed by atoms with van der Waals surface area (Å²) < 4.78 is 0. The number of carbonyl (C=O) groups is 1. The average molecular weight is 358 g/mol. The molecule has 0 atom stereocenters. The normalized spacial score (nSPS) is 10.3. The van der Waals surface area contributed by atoms with Gasteiger partial charge in [-0.25, -0.2) is 0 Å². The van der Waals surface area contributed by atoms with Crippen LogP contribution in [0.4, 0.5) is 17.8 Å². The van der Waals surface area contributed by atoms with Gasteiger partial charge in [-0.1, -0.05) is 0 Å². The van der Waals surface area contributed by atoms with E-state index in [0.717, 1.165) is 26.2 Å². The van der Waals surface area contributed by atoms with Gasteiger partial charge in [-0.3, -0.25) is 20.6 Å². The molecular weight excluding hydrogens is 332 g/mol. The van der Waals surface area contributed by atoms with Crippen molar-refractivity contribution in [3.8, 4) is 0 Å². The van der Waals surface area contributed by atoms with Gasteiger partial charge in [0.2, 0.25) is 17.8 Å². The second-order valence-electron chi connectivity index (χ2n) is 5.42. The molecule has 0 fully saturated rings. The fourth-order valence-corrected chi connectivity index (χ4v) is 2.39. The molecule has 0 aromatic carbocycles. The third-order valence-electron chi connectivity index (χ3n) is 3.92. The number of aromatic nitrogens is 4. The van der Waals surface area contributed by atoms with Gasteiger partial charge in [0.15, 0.2) is 0 Å².